The topological polar surface area (TPSA) is 87.9 Å². The molecule has 0 bridgehead atoms. The Balaban J connectivity index is 1.77. The molecule has 0 saturated carbocycles. The highest BCUT2D eigenvalue weighted by Gasteiger charge is 2.27. The van der Waals surface area contributed by atoms with Gasteiger partial charge in [-0.2, -0.15) is 5.26 Å². The maximum Gasteiger partial charge on any atom is 0.323 e. The fourth-order valence-corrected chi connectivity index (χ4v) is 3.39. The average Bonchev–Trinajstić information content (AvgIpc) is 3.10. The first-order valence-electron chi connectivity index (χ1n) is 9.04. The van der Waals surface area contributed by atoms with Gasteiger partial charge in [-0.1, -0.05) is 12.1 Å². The second-order valence-corrected chi connectivity index (χ2v) is 7.02. The highest BCUT2D eigenvalue weighted by molar-refractivity contribution is 5.84. The number of carboxylic acid groups (broad SMARTS) is 1. The average molecular weight is 396 g/mol. The number of aryl methyl sites for hydroxylation is 1. The van der Waals surface area contributed by atoms with Crippen molar-refractivity contribution in [1.29, 1.82) is 5.26 Å². The summed E-state index contributed by atoms with van der Waals surface area (Å²) in [5.74, 6) is -1.70. The summed E-state index contributed by atoms with van der Waals surface area (Å²) in [6.07, 6.45) is 0. The summed E-state index contributed by atoms with van der Waals surface area (Å²) in [6, 6.07) is 11.5. The van der Waals surface area contributed by atoms with Crippen molar-refractivity contribution < 1.29 is 19.1 Å². The molecule has 1 aliphatic heterocycles. The maximum atomic E-state index is 13.4. The van der Waals surface area contributed by atoms with Gasteiger partial charge in [-0.3, -0.25) is 14.6 Å². The number of hydrogen-bond donors (Lipinski definition) is 1. The van der Waals surface area contributed by atoms with Crippen LogP contribution >= 0.6 is 0 Å². The summed E-state index contributed by atoms with van der Waals surface area (Å²) < 4.78 is 13.4. The monoisotopic (exact) mass is 396 g/mol. The molecule has 0 spiro atoms. The highest BCUT2D eigenvalue weighted by atomic mass is 19.1. The van der Waals surface area contributed by atoms with E-state index in [1.807, 2.05) is 6.07 Å². The molecule has 29 heavy (non-hydrogen) atoms. The van der Waals surface area contributed by atoms with Gasteiger partial charge in [0.25, 0.3) is 5.91 Å². The molecule has 2 aromatic rings. The molecule has 0 aromatic heterocycles. The van der Waals surface area contributed by atoms with Gasteiger partial charge in [0.05, 0.1) is 18.2 Å². The first kappa shape index (κ1) is 20.3. The van der Waals surface area contributed by atoms with Crippen LogP contribution in [0.1, 0.15) is 22.3 Å². The van der Waals surface area contributed by atoms with Gasteiger partial charge in [0.1, 0.15) is 12.4 Å². The fourth-order valence-electron chi connectivity index (χ4n) is 3.39. The van der Waals surface area contributed by atoms with E-state index in [2.05, 4.69) is 0 Å². The van der Waals surface area contributed by atoms with Gasteiger partial charge in [0.15, 0.2) is 0 Å². The quantitative estimate of drug-likeness (QED) is 0.806. The van der Waals surface area contributed by atoms with Crippen LogP contribution in [0.25, 0.3) is 0 Å². The third-order valence-electron chi connectivity index (χ3n) is 4.99. The lowest BCUT2D eigenvalue weighted by molar-refractivity contribution is -0.145. The number of anilines is 1. The van der Waals surface area contributed by atoms with Crippen LogP contribution in [0.15, 0.2) is 36.4 Å². The Bertz CT molecular complexity index is 1000. The van der Waals surface area contributed by atoms with Crippen molar-refractivity contribution in [2.24, 2.45) is 0 Å². The van der Waals surface area contributed by atoms with Gasteiger partial charge in [0.2, 0.25) is 0 Å². The van der Waals surface area contributed by atoms with Crippen LogP contribution in [-0.4, -0.2) is 47.1 Å². The summed E-state index contributed by atoms with van der Waals surface area (Å²) in [5.41, 5.74) is 3.46. The van der Waals surface area contributed by atoms with Gasteiger partial charge < -0.3 is 10.0 Å². The minimum atomic E-state index is -1.08. The Morgan fingerprint density at radius 3 is 2.59 bits per heavy atom. The second kappa shape index (κ2) is 8.29. The zero-order chi connectivity index (χ0) is 21.1. The fraction of sp³-hybridized carbons (Fsp3) is 0.286. The lowest BCUT2D eigenvalue weighted by Crippen LogP contribution is -2.47. The van der Waals surface area contributed by atoms with Crippen LogP contribution < -0.4 is 4.90 Å². The van der Waals surface area contributed by atoms with E-state index in [-0.39, 0.29) is 24.8 Å². The third kappa shape index (κ3) is 4.52. The van der Waals surface area contributed by atoms with E-state index in [0.717, 1.165) is 16.7 Å². The Labute approximate surface area is 168 Å². The molecule has 1 amide bonds. The number of hydrogen-bond acceptors (Lipinski definition) is 5. The van der Waals surface area contributed by atoms with Crippen molar-refractivity contribution in [3.05, 3.63) is 64.5 Å². The molecule has 150 valence electrons. The van der Waals surface area contributed by atoms with Crippen molar-refractivity contribution in [3.8, 4) is 6.07 Å². The van der Waals surface area contributed by atoms with E-state index in [1.165, 1.54) is 22.0 Å². The van der Waals surface area contributed by atoms with E-state index >= 15 is 0 Å². The molecule has 1 N–H and O–H groups in total. The standard InChI is InChI=1S/C21H21FN4O3/c1-14-3-4-15(9-23)7-19(14)25(13-21(28)29)12-20(27)24(2)26-10-16-5-6-18(22)8-17(16)11-26/h3-8H,10-13H2,1-2H3,(H,28,29). The zero-order valence-electron chi connectivity index (χ0n) is 16.2. The number of rotatable bonds is 6. The number of hydrazine groups is 1. The predicted octanol–water partition coefficient (Wildman–Crippen LogP) is 2.29. The predicted molar refractivity (Wildman–Crippen MR) is 104 cm³/mol. The van der Waals surface area contributed by atoms with Crippen LogP contribution in [0, 0.1) is 24.1 Å². The minimum Gasteiger partial charge on any atom is -0.480 e. The van der Waals surface area contributed by atoms with Crippen molar-refractivity contribution >= 4 is 17.6 Å². The number of fused-ring (bicyclic) bond motifs is 1. The Hall–Kier alpha value is -3.44. The van der Waals surface area contributed by atoms with Crippen molar-refractivity contribution in [3.63, 3.8) is 0 Å². The first-order valence-corrected chi connectivity index (χ1v) is 9.04. The number of nitriles is 1. The zero-order valence-corrected chi connectivity index (χ0v) is 16.2. The molecule has 1 heterocycles. The van der Waals surface area contributed by atoms with Gasteiger partial charge in [-0.15, -0.1) is 0 Å². The summed E-state index contributed by atoms with van der Waals surface area (Å²) in [5, 5.41) is 21.7. The van der Waals surface area contributed by atoms with Crippen LogP contribution in [-0.2, 0) is 22.7 Å². The molecular weight excluding hydrogens is 375 g/mol. The van der Waals surface area contributed by atoms with E-state index in [4.69, 9.17) is 5.26 Å². The molecule has 0 unspecified atom stereocenters. The van der Waals surface area contributed by atoms with Crippen molar-refractivity contribution in [1.82, 2.24) is 10.0 Å². The van der Waals surface area contributed by atoms with E-state index < -0.39 is 5.97 Å². The molecule has 0 fully saturated rings. The van der Waals surface area contributed by atoms with E-state index in [0.29, 0.717) is 24.3 Å². The molecule has 0 atom stereocenters. The lowest BCUT2D eigenvalue weighted by atomic mass is 10.1. The van der Waals surface area contributed by atoms with Gasteiger partial charge >= 0.3 is 5.97 Å². The normalized spacial score (nSPS) is 12.9. The lowest BCUT2D eigenvalue weighted by Gasteiger charge is -2.31. The Morgan fingerprint density at radius 1 is 1.17 bits per heavy atom. The first-order chi connectivity index (χ1) is 13.8. The van der Waals surface area contributed by atoms with Gasteiger partial charge in [-0.25, -0.2) is 9.40 Å². The van der Waals surface area contributed by atoms with Gasteiger partial charge in [-0.05, 0) is 47.9 Å². The number of nitrogens with zero attached hydrogens (tertiary/aromatic N) is 4. The molecule has 1 aliphatic rings. The molecule has 3 rings (SSSR count). The number of aliphatic carboxylic acids is 1. The number of likely N-dealkylation sites (N-methyl/N-ethyl adjacent to an activating group) is 1. The number of benzene rings is 2. The Kier molecular flexibility index (Phi) is 5.80. The van der Waals surface area contributed by atoms with Crippen LogP contribution in [0.2, 0.25) is 0 Å². The van der Waals surface area contributed by atoms with E-state index in [1.54, 1.807) is 43.2 Å². The maximum absolute atomic E-state index is 13.4. The number of halogens is 1. The molecule has 7 nitrogen and oxygen atoms in total. The molecule has 0 saturated heterocycles. The van der Waals surface area contributed by atoms with Crippen molar-refractivity contribution in [2.75, 3.05) is 25.0 Å². The SMILES string of the molecule is Cc1ccc(C#N)cc1N(CC(=O)O)CC(=O)N(C)N1Cc2ccc(F)cc2C1. The second-order valence-electron chi connectivity index (χ2n) is 7.02. The third-order valence-corrected chi connectivity index (χ3v) is 4.99. The Morgan fingerprint density at radius 2 is 1.90 bits per heavy atom. The number of carboxylic acids is 1. The molecular formula is C21H21FN4O3. The van der Waals surface area contributed by atoms with Crippen LogP contribution in [0.5, 0.6) is 0 Å². The summed E-state index contributed by atoms with van der Waals surface area (Å²) in [7, 11) is 1.61. The molecule has 0 radical (unpaired) electrons. The van der Waals surface area contributed by atoms with E-state index in [9.17, 15) is 19.1 Å². The summed E-state index contributed by atoms with van der Waals surface area (Å²) >= 11 is 0. The summed E-state index contributed by atoms with van der Waals surface area (Å²) in [4.78, 5) is 25.7. The number of carbonyl (C=O) groups is 2. The highest BCUT2D eigenvalue weighted by Crippen LogP contribution is 2.25. The minimum absolute atomic E-state index is 0.167. The number of amides is 1. The largest absolute Gasteiger partial charge is 0.480 e. The number of carbonyl (C=O) groups excluding carboxylic acids is 1. The smallest absolute Gasteiger partial charge is 0.323 e. The molecule has 2 aromatic carbocycles. The molecule has 8 heteroatoms. The van der Waals surface area contributed by atoms with Crippen LogP contribution in [0.3, 0.4) is 0 Å². The van der Waals surface area contributed by atoms with Crippen molar-refractivity contribution in [2.45, 2.75) is 20.0 Å². The molecule has 0 aliphatic carbocycles. The van der Waals surface area contributed by atoms with Gasteiger partial charge in [0, 0.05) is 25.8 Å². The van der Waals surface area contributed by atoms with Crippen LogP contribution in [0.4, 0.5) is 10.1 Å². The summed E-state index contributed by atoms with van der Waals surface area (Å²) in [6.45, 7) is 2.13.